The van der Waals surface area contributed by atoms with Gasteiger partial charge in [0, 0.05) is 34.5 Å². The van der Waals surface area contributed by atoms with Gasteiger partial charge in [0.1, 0.15) is 0 Å². The van der Waals surface area contributed by atoms with E-state index in [0.29, 0.717) is 29.1 Å². The maximum atomic E-state index is 11.9. The Morgan fingerprint density at radius 2 is 2.25 bits per heavy atom. The monoisotopic (exact) mass is 294 g/mol. The molecule has 4 N–H and O–H groups in total. The second kappa shape index (κ2) is 6.04. The van der Waals surface area contributed by atoms with E-state index in [1.165, 1.54) is 0 Å². The van der Waals surface area contributed by atoms with Crippen LogP contribution in [-0.4, -0.2) is 32.2 Å². The van der Waals surface area contributed by atoms with E-state index in [9.17, 15) is 9.00 Å². The van der Waals surface area contributed by atoms with Gasteiger partial charge in [0.2, 0.25) is 5.95 Å². The summed E-state index contributed by atoms with van der Waals surface area (Å²) in [7, 11) is -0.844. The van der Waals surface area contributed by atoms with E-state index in [4.69, 9.17) is 5.73 Å². The van der Waals surface area contributed by atoms with E-state index < -0.39 is 10.8 Å². The van der Waals surface area contributed by atoms with Crippen LogP contribution in [0.1, 0.15) is 13.3 Å². The number of nitrogens with one attached hydrogen (secondary N) is 2. The van der Waals surface area contributed by atoms with Gasteiger partial charge in [0.25, 0.3) is 5.56 Å². The summed E-state index contributed by atoms with van der Waals surface area (Å²) in [5.41, 5.74) is 6.55. The number of hydrogen-bond donors (Lipinski definition) is 3. The number of aromatic nitrogens is 2. The van der Waals surface area contributed by atoms with Crippen LogP contribution in [0.25, 0.3) is 10.9 Å². The number of aromatic amines is 1. The van der Waals surface area contributed by atoms with E-state index in [2.05, 4.69) is 15.3 Å². The lowest BCUT2D eigenvalue weighted by molar-refractivity contribution is 0.672. The van der Waals surface area contributed by atoms with Crippen molar-refractivity contribution in [2.45, 2.75) is 18.6 Å². The normalized spacial score (nSPS) is 14.1. The lowest BCUT2D eigenvalue weighted by Gasteiger charge is -2.10. The second-order valence-corrected chi connectivity index (χ2v) is 6.52. The highest BCUT2D eigenvalue weighted by molar-refractivity contribution is 7.84. The molecular weight excluding hydrogens is 276 g/mol. The zero-order valence-corrected chi connectivity index (χ0v) is 12.3. The first-order chi connectivity index (χ1) is 9.47. The molecule has 2 aromatic rings. The summed E-state index contributed by atoms with van der Waals surface area (Å²) in [6, 6.07) is 5.03. The van der Waals surface area contributed by atoms with Gasteiger partial charge in [-0.05, 0) is 24.6 Å². The van der Waals surface area contributed by atoms with Crippen LogP contribution in [0, 0.1) is 0 Å². The molecule has 2 unspecified atom stereocenters. The fraction of sp³-hybridized carbons (Fsp3) is 0.385. The van der Waals surface area contributed by atoms with Crippen molar-refractivity contribution < 1.29 is 4.21 Å². The molecule has 0 amide bonds. The Morgan fingerprint density at radius 1 is 1.50 bits per heavy atom. The van der Waals surface area contributed by atoms with E-state index in [1.54, 1.807) is 24.5 Å². The fourth-order valence-electron chi connectivity index (χ4n) is 1.80. The first-order valence-corrected chi connectivity index (χ1v) is 7.95. The minimum atomic E-state index is -0.844. The highest BCUT2D eigenvalue weighted by Gasteiger charge is 2.07. The van der Waals surface area contributed by atoms with Crippen LogP contribution in [0.15, 0.2) is 23.0 Å². The number of H-pyrrole nitrogens is 1. The molecule has 2 rings (SSSR count). The van der Waals surface area contributed by atoms with Crippen molar-refractivity contribution in [1.82, 2.24) is 9.97 Å². The zero-order chi connectivity index (χ0) is 14.7. The molecular formula is C13H18N4O2S. The van der Waals surface area contributed by atoms with Crippen LogP contribution in [0.5, 0.6) is 0 Å². The molecule has 0 aliphatic rings. The van der Waals surface area contributed by atoms with Crippen molar-refractivity contribution in [3.05, 3.63) is 28.6 Å². The Hall–Kier alpha value is -1.89. The predicted octanol–water partition coefficient (Wildman–Crippen LogP) is 1.07. The van der Waals surface area contributed by atoms with Crippen LogP contribution in [-0.2, 0) is 10.8 Å². The Bertz CT molecular complexity index is 698. The largest absolute Gasteiger partial charge is 0.399 e. The van der Waals surface area contributed by atoms with Crippen molar-refractivity contribution in [2.24, 2.45) is 0 Å². The maximum absolute atomic E-state index is 11.9. The highest BCUT2D eigenvalue weighted by Crippen LogP contribution is 2.12. The van der Waals surface area contributed by atoms with E-state index >= 15 is 0 Å². The van der Waals surface area contributed by atoms with Gasteiger partial charge in [0.15, 0.2) is 0 Å². The molecule has 0 bridgehead atoms. The first kappa shape index (κ1) is 14.5. The molecule has 1 aromatic heterocycles. The fourth-order valence-corrected chi connectivity index (χ4v) is 2.25. The van der Waals surface area contributed by atoms with E-state index in [0.717, 1.165) is 6.42 Å². The van der Waals surface area contributed by atoms with Crippen molar-refractivity contribution in [3.8, 4) is 0 Å². The molecule has 0 aliphatic heterocycles. The van der Waals surface area contributed by atoms with Crippen LogP contribution >= 0.6 is 0 Å². The van der Waals surface area contributed by atoms with Gasteiger partial charge in [-0.25, -0.2) is 4.98 Å². The number of anilines is 2. The predicted molar refractivity (Wildman–Crippen MR) is 83.4 cm³/mol. The molecule has 108 valence electrons. The zero-order valence-electron chi connectivity index (χ0n) is 11.5. The number of rotatable bonds is 5. The number of nitrogens with zero attached hydrogens (tertiary/aromatic N) is 1. The summed E-state index contributed by atoms with van der Waals surface area (Å²) in [5.74, 6) is 0.418. The third-order valence-electron chi connectivity index (χ3n) is 3.14. The average molecular weight is 294 g/mol. The summed E-state index contributed by atoms with van der Waals surface area (Å²) in [6.45, 7) is 2.53. The third kappa shape index (κ3) is 3.36. The third-order valence-corrected chi connectivity index (χ3v) is 4.51. The minimum absolute atomic E-state index is 0.106. The van der Waals surface area contributed by atoms with Crippen molar-refractivity contribution >= 4 is 33.3 Å². The molecule has 0 saturated heterocycles. The maximum Gasteiger partial charge on any atom is 0.260 e. The number of hydrogen-bond acceptors (Lipinski definition) is 5. The molecule has 0 aliphatic carbocycles. The number of nitrogens with two attached hydrogens (primary N) is 1. The lowest BCUT2D eigenvalue weighted by atomic mass is 10.2. The quantitative estimate of drug-likeness (QED) is 0.716. The number of benzene rings is 1. The molecule has 0 spiro atoms. The van der Waals surface area contributed by atoms with Gasteiger partial charge in [-0.15, -0.1) is 0 Å². The average Bonchev–Trinajstić information content (AvgIpc) is 2.39. The van der Waals surface area contributed by atoms with E-state index in [-0.39, 0.29) is 10.8 Å². The van der Waals surface area contributed by atoms with Crippen LogP contribution in [0.3, 0.4) is 0 Å². The van der Waals surface area contributed by atoms with Gasteiger partial charge < -0.3 is 11.1 Å². The summed E-state index contributed by atoms with van der Waals surface area (Å²) in [4.78, 5) is 18.9. The molecule has 1 aromatic carbocycles. The molecule has 1 heterocycles. The van der Waals surface area contributed by atoms with Gasteiger partial charge >= 0.3 is 0 Å². The summed E-state index contributed by atoms with van der Waals surface area (Å²) in [5, 5.41) is 3.62. The summed E-state index contributed by atoms with van der Waals surface area (Å²) < 4.78 is 11.2. The van der Waals surface area contributed by atoms with Crippen LogP contribution < -0.4 is 16.6 Å². The van der Waals surface area contributed by atoms with Crippen LogP contribution in [0.2, 0.25) is 0 Å². The number of fused-ring (bicyclic) bond motifs is 1. The molecule has 2 atom stereocenters. The smallest absolute Gasteiger partial charge is 0.260 e. The Balaban J connectivity index is 2.14. The SMILES string of the molecule is CC(CCNc1nc2ccc(N)cc2c(=O)[nH]1)S(C)=O. The topological polar surface area (TPSA) is 101 Å². The molecule has 6 nitrogen and oxygen atoms in total. The highest BCUT2D eigenvalue weighted by atomic mass is 32.2. The number of nitrogen functional groups attached to an aromatic ring is 1. The molecule has 0 saturated carbocycles. The molecule has 0 radical (unpaired) electrons. The van der Waals surface area contributed by atoms with Crippen molar-refractivity contribution in [2.75, 3.05) is 23.9 Å². The van der Waals surface area contributed by atoms with E-state index in [1.807, 2.05) is 6.92 Å². The van der Waals surface area contributed by atoms with Gasteiger partial charge in [-0.2, -0.15) is 0 Å². The lowest BCUT2D eigenvalue weighted by Crippen LogP contribution is -2.18. The minimum Gasteiger partial charge on any atom is -0.399 e. The Labute approximate surface area is 119 Å². The Morgan fingerprint density at radius 3 is 2.95 bits per heavy atom. The summed E-state index contributed by atoms with van der Waals surface area (Å²) in [6.07, 6.45) is 2.43. The molecule has 0 fully saturated rings. The molecule has 20 heavy (non-hydrogen) atoms. The molecule has 7 heteroatoms. The van der Waals surface area contributed by atoms with Gasteiger partial charge in [0.05, 0.1) is 10.9 Å². The van der Waals surface area contributed by atoms with Gasteiger partial charge in [-0.1, -0.05) is 6.92 Å². The van der Waals surface area contributed by atoms with Crippen molar-refractivity contribution in [3.63, 3.8) is 0 Å². The summed E-state index contributed by atoms with van der Waals surface area (Å²) >= 11 is 0. The Kier molecular flexibility index (Phi) is 4.39. The standard InChI is InChI=1S/C13H18N4O2S/c1-8(20(2)19)5-6-15-13-16-11-4-3-9(14)7-10(11)12(18)17-13/h3-4,7-8H,5-6,14H2,1-2H3,(H2,15,16,17,18). The second-order valence-electron chi connectivity index (χ2n) is 4.72. The first-order valence-electron chi connectivity index (χ1n) is 6.33. The van der Waals surface area contributed by atoms with Crippen LogP contribution in [0.4, 0.5) is 11.6 Å². The van der Waals surface area contributed by atoms with Crippen molar-refractivity contribution in [1.29, 1.82) is 0 Å². The van der Waals surface area contributed by atoms with Gasteiger partial charge in [-0.3, -0.25) is 14.0 Å².